The van der Waals surface area contributed by atoms with E-state index in [2.05, 4.69) is 24.5 Å². The van der Waals surface area contributed by atoms with E-state index in [1.165, 1.54) is 0 Å². The number of benzene rings is 1. The third-order valence-electron chi connectivity index (χ3n) is 4.21. The highest BCUT2D eigenvalue weighted by Gasteiger charge is 2.39. The maximum absolute atomic E-state index is 12.5. The molecule has 0 saturated carbocycles. The van der Waals surface area contributed by atoms with Crippen molar-refractivity contribution in [3.63, 3.8) is 0 Å². The van der Waals surface area contributed by atoms with Crippen LogP contribution in [-0.4, -0.2) is 37.7 Å². The lowest BCUT2D eigenvalue weighted by Gasteiger charge is -2.27. The quantitative estimate of drug-likeness (QED) is 0.810. The number of carbonyl (C=O) groups is 1. The van der Waals surface area contributed by atoms with Crippen LogP contribution in [0, 0.1) is 0 Å². The van der Waals surface area contributed by atoms with Crippen LogP contribution >= 0.6 is 12.4 Å². The summed E-state index contributed by atoms with van der Waals surface area (Å²) in [6.07, 6.45) is 2.75. The summed E-state index contributed by atoms with van der Waals surface area (Å²) in [6.45, 7) is 8.77. The predicted molar refractivity (Wildman–Crippen MR) is 103 cm³/mol. The average Bonchev–Trinajstić information content (AvgIpc) is 2.74. The first-order valence-electron chi connectivity index (χ1n) is 8.20. The minimum atomic E-state index is -0.323. The lowest BCUT2D eigenvalue weighted by atomic mass is 9.96. The molecular weight excluding hydrogens is 340 g/mol. The summed E-state index contributed by atoms with van der Waals surface area (Å²) in [7, 11) is 3.23. The second kappa shape index (κ2) is 8.11. The zero-order valence-corrected chi connectivity index (χ0v) is 16.7. The zero-order valence-electron chi connectivity index (χ0n) is 15.9. The molecule has 1 aromatic rings. The molecule has 25 heavy (non-hydrogen) atoms. The van der Waals surface area contributed by atoms with Crippen LogP contribution in [0.15, 0.2) is 29.8 Å². The number of ether oxygens (including phenoxy) is 2. The van der Waals surface area contributed by atoms with Gasteiger partial charge < -0.3 is 14.8 Å². The van der Waals surface area contributed by atoms with Gasteiger partial charge in [0.1, 0.15) is 0 Å². The fourth-order valence-corrected chi connectivity index (χ4v) is 3.25. The van der Waals surface area contributed by atoms with Crippen molar-refractivity contribution in [2.24, 2.45) is 0 Å². The molecule has 0 aliphatic carbocycles. The monoisotopic (exact) mass is 368 g/mol. The van der Waals surface area contributed by atoms with Crippen LogP contribution in [-0.2, 0) is 11.2 Å². The van der Waals surface area contributed by atoms with Gasteiger partial charge in [-0.25, -0.2) is 0 Å². The van der Waals surface area contributed by atoms with Crippen LogP contribution in [0.3, 0.4) is 0 Å². The summed E-state index contributed by atoms with van der Waals surface area (Å²) >= 11 is 0. The molecule has 0 saturated heterocycles. The van der Waals surface area contributed by atoms with E-state index in [-0.39, 0.29) is 29.4 Å². The van der Waals surface area contributed by atoms with Gasteiger partial charge in [-0.2, -0.15) is 0 Å². The van der Waals surface area contributed by atoms with Crippen LogP contribution in [0.2, 0.25) is 0 Å². The number of halogens is 1. The van der Waals surface area contributed by atoms with Crippen LogP contribution in [0.25, 0.3) is 0 Å². The lowest BCUT2D eigenvalue weighted by Crippen LogP contribution is -2.47. The highest BCUT2D eigenvalue weighted by Crippen LogP contribution is 2.30. The summed E-state index contributed by atoms with van der Waals surface area (Å²) < 4.78 is 10.5. The summed E-state index contributed by atoms with van der Waals surface area (Å²) in [5.41, 5.74) is 1.39. The second-order valence-electron chi connectivity index (χ2n) is 7.22. The lowest BCUT2D eigenvalue weighted by molar-refractivity contribution is -0.118. The van der Waals surface area contributed by atoms with Crippen molar-refractivity contribution in [3.05, 3.63) is 35.4 Å². The average molecular weight is 369 g/mol. The van der Waals surface area contributed by atoms with E-state index in [1.54, 1.807) is 14.2 Å². The summed E-state index contributed by atoms with van der Waals surface area (Å²) in [4.78, 5) is 12.5. The van der Waals surface area contributed by atoms with E-state index in [0.29, 0.717) is 18.0 Å². The van der Waals surface area contributed by atoms with E-state index < -0.39 is 0 Å². The Morgan fingerprint density at radius 2 is 1.76 bits per heavy atom. The molecule has 1 aliphatic heterocycles. The molecule has 0 spiro atoms. The third-order valence-corrected chi connectivity index (χ3v) is 4.21. The van der Waals surface area contributed by atoms with E-state index >= 15 is 0 Å². The maximum atomic E-state index is 12.5. The second-order valence-corrected chi connectivity index (χ2v) is 7.22. The summed E-state index contributed by atoms with van der Waals surface area (Å²) in [5, 5.41) is 6.47. The van der Waals surface area contributed by atoms with Crippen molar-refractivity contribution in [3.8, 4) is 11.5 Å². The largest absolute Gasteiger partial charge is 0.493 e. The van der Waals surface area contributed by atoms with Crippen molar-refractivity contribution < 1.29 is 14.3 Å². The van der Waals surface area contributed by atoms with Gasteiger partial charge in [0.2, 0.25) is 5.91 Å². The summed E-state index contributed by atoms with van der Waals surface area (Å²) in [6, 6.07) is 5.80. The molecule has 2 N–H and O–H groups in total. The smallest absolute Gasteiger partial charge is 0.248 e. The Morgan fingerprint density at radius 3 is 2.28 bits per heavy atom. The van der Waals surface area contributed by atoms with Gasteiger partial charge >= 0.3 is 0 Å². The van der Waals surface area contributed by atoms with Crippen molar-refractivity contribution in [1.29, 1.82) is 0 Å². The normalized spacial score (nSPS) is 17.3. The molecule has 0 fully saturated rings. The van der Waals surface area contributed by atoms with Gasteiger partial charge in [0.05, 0.1) is 14.2 Å². The molecule has 1 heterocycles. The molecule has 0 aromatic heterocycles. The first-order valence-corrected chi connectivity index (χ1v) is 8.20. The Kier molecular flexibility index (Phi) is 6.91. The number of nitrogens with one attached hydrogen (secondary N) is 2. The van der Waals surface area contributed by atoms with Gasteiger partial charge in [0, 0.05) is 23.2 Å². The van der Waals surface area contributed by atoms with Crippen molar-refractivity contribution in [2.45, 2.75) is 45.2 Å². The van der Waals surface area contributed by atoms with Crippen LogP contribution in [0.1, 0.15) is 33.3 Å². The van der Waals surface area contributed by atoms with Crippen LogP contribution in [0.5, 0.6) is 11.5 Å². The van der Waals surface area contributed by atoms with Crippen LogP contribution in [0.4, 0.5) is 0 Å². The van der Waals surface area contributed by atoms with Gasteiger partial charge in [-0.15, -0.1) is 12.4 Å². The molecular formula is C19H29ClN2O3. The first kappa shape index (κ1) is 21.3. The topological polar surface area (TPSA) is 59.6 Å². The molecule has 1 aromatic carbocycles. The van der Waals surface area contributed by atoms with Crippen LogP contribution < -0.4 is 20.1 Å². The predicted octanol–water partition coefficient (Wildman–Crippen LogP) is 2.87. The third kappa shape index (κ3) is 5.13. The fourth-order valence-electron chi connectivity index (χ4n) is 3.25. The number of carbonyl (C=O) groups excluding carboxylic acids is 1. The van der Waals surface area contributed by atoms with E-state index in [0.717, 1.165) is 17.6 Å². The SMILES string of the molecule is COc1ccc(CCNC(=O)C2=CC(C)(C)NC2(C)C)cc1OC.Cl. The number of hydrogen-bond acceptors (Lipinski definition) is 4. The van der Waals surface area contributed by atoms with E-state index in [9.17, 15) is 4.79 Å². The molecule has 0 unspecified atom stereocenters. The maximum Gasteiger partial charge on any atom is 0.248 e. The van der Waals surface area contributed by atoms with E-state index in [1.807, 2.05) is 38.1 Å². The Bertz CT molecular complexity index is 654. The first-order chi connectivity index (χ1) is 11.2. The van der Waals surface area contributed by atoms with E-state index in [4.69, 9.17) is 9.47 Å². The molecule has 2 rings (SSSR count). The minimum Gasteiger partial charge on any atom is -0.493 e. The molecule has 0 radical (unpaired) electrons. The number of hydrogen-bond donors (Lipinski definition) is 2. The van der Waals surface area contributed by atoms with Gasteiger partial charge in [-0.05, 0) is 51.8 Å². The molecule has 1 amide bonds. The number of rotatable bonds is 6. The van der Waals surface area contributed by atoms with Gasteiger partial charge in [-0.3, -0.25) is 10.1 Å². The molecule has 140 valence electrons. The van der Waals surface area contributed by atoms with Gasteiger partial charge in [0.15, 0.2) is 11.5 Å². The number of amides is 1. The molecule has 6 heteroatoms. The highest BCUT2D eigenvalue weighted by atomic mass is 35.5. The summed E-state index contributed by atoms with van der Waals surface area (Å²) in [5.74, 6) is 1.39. The molecule has 5 nitrogen and oxygen atoms in total. The van der Waals surface area contributed by atoms with Crippen molar-refractivity contribution in [1.82, 2.24) is 10.6 Å². The van der Waals surface area contributed by atoms with Crippen molar-refractivity contribution in [2.75, 3.05) is 20.8 Å². The zero-order chi connectivity index (χ0) is 18.0. The fraction of sp³-hybridized carbons (Fsp3) is 0.526. The highest BCUT2D eigenvalue weighted by molar-refractivity contribution is 5.96. The molecule has 1 aliphatic rings. The molecule has 0 atom stereocenters. The van der Waals surface area contributed by atoms with Gasteiger partial charge in [-0.1, -0.05) is 12.1 Å². The molecule has 0 bridgehead atoms. The Morgan fingerprint density at radius 1 is 1.12 bits per heavy atom. The van der Waals surface area contributed by atoms with Gasteiger partial charge in [0.25, 0.3) is 0 Å². The Labute approximate surface area is 156 Å². The number of methoxy groups -OCH3 is 2. The Hall–Kier alpha value is -1.72. The minimum absolute atomic E-state index is 0. The van der Waals surface area contributed by atoms with Crippen molar-refractivity contribution >= 4 is 18.3 Å². The Balaban J connectivity index is 0.00000312. The standard InChI is InChI=1S/C19H28N2O3.ClH/c1-18(2)12-14(19(3,4)21-18)17(22)20-10-9-13-7-8-15(23-5)16(11-13)24-6;/h7-8,11-12,21H,9-10H2,1-6H3,(H,20,22);1H.